The van der Waals surface area contributed by atoms with E-state index in [1.54, 1.807) is 12.1 Å². The first-order chi connectivity index (χ1) is 12.6. The number of hydrogen-bond acceptors (Lipinski definition) is 3. The molecule has 1 aliphatic heterocycles. The van der Waals surface area contributed by atoms with Gasteiger partial charge in [-0.05, 0) is 36.1 Å². The lowest BCUT2D eigenvalue weighted by Crippen LogP contribution is -2.41. The number of amides is 1. The highest BCUT2D eigenvalue weighted by atomic mass is 19.1. The van der Waals surface area contributed by atoms with Crippen LogP contribution in [0.15, 0.2) is 54.6 Å². The van der Waals surface area contributed by atoms with Crippen molar-refractivity contribution < 1.29 is 9.18 Å². The maximum atomic E-state index is 13.4. The summed E-state index contributed by atoms with van der Waals surface area (Å²) >= 11 is 0. The Bertz CT molecular complexity index is 761. The van der Waals surface area contributed by atoms with Crippen LogP contribution in [0.4, 0.5) is 4.39 Å². The van der Waals surface area contributed by atoms with Crippen LogP contribution >= 0.6 is 0 Å². The van der Waals surface area contributed by atoms with Crippen molar-refractivity contribution in [3.63, 3.8) is 0 Å². The van der Waals surface area contributed by atoms with E-state index < -0.39 is 6.04 Å². The van der Waals surface area contributed by atoms with E-state index in [0.29, 0.717) is 13.1 Å². The number of nitrogens with zero attached hydrogens (tertiary/aromatic N) is 1. The zero-order valence-corrected chi connectivity index (χ0v) is 14.6. The second kappa shape index (κ2) is 7.17. The Morgan fingerprint density at radius 2 is 1.77 bits per heavy atom. The number of nitrogens with one attached hydrogen (secondary N) is 1. The predicted molar refractivity (Wildman–Crippen MR) is 99.0 cm³/mol. The third kappa shape index (κ3) is 3.64. The summed E-state index contributed by atoms with van der Waals surface area (Å²) in [6, 6.07) is 16.2. The van der Waals surface area contributed by atoms with Crippen molar-refractivity contribution in [1.82, 2.24) is 10.2 Å². The van der Waals surface area contributed by atoms with Crippen LogP contribution in [-0.4, -0.2) is 36.0 Å². The van der Waals surface area contributed by atoms with Gasteiger partial charge in [0, 0.05) is 31.1 Å². The summed E-state index contributed by atoms with van der Waals surface area (Å²) in [5.41, 5.74) is 8.43. The van der Waals surface area contributed by atoms with Crippen LogP contribution < -0.4 is 11.1 Å². The maximum absolute atomic E-state index is 13.4. The highest BCUT2D eigenvalue weighted by molar-refractivity contribution is 5.83. The van der Waals surface area contributed by atoms with E-state index in [2.05, 4.69) is 22.3 Å². The molecule has 2 aromatic rings. The number of rotatable bonds is 5. The van der Waals surface area contributed by atoms with E-state index in [-0.39, 0.29) is 29.7 Å². The molecule has 136 valence electrons. The Balaban J connectivity index is 1.59. The minimum absolute atomic E-state index is 0.0139. The summed E-state index contributed by atoms with van der Waals surface area (Å²) in [6.45, 7) is 1.35. The molecular formula is C21H24FN3O. The average molecular weight is 353 g/mol. The molecule has 3 atom stereocenters. The molecule has 4 rings (SSSR count). The standard InChI is InChI=1S/C21H24FN3O/c22-16-8-6-15(7-9-16)20(21(26)24-17-10-11-17)25-12-18(19(23)13-25)14-4-2-1-3-5-14/h1-9,17-20H,10-13,23H2,(H,24,26)/t18-,19+,20?/m0/s1. The van der Waals surface area contributed by atoms with Crippen LogP contribution in [0, 0.1) is 5.82 Å². The number of hydrogen-bond donors (Lipinski definition) is 2. The van der Waals surface area contributed by atoms with Crippen molar-refractivity contribution in [2.45, 2.75) is 36.9 Å². The summed E-state index contributed by atoms with van der Waals surface area (Å²) in [5.74, 6) is -0.122. The van der Waals surface area contributed by atoms with Gasteiger partial charge >= 0.3 is 0 Å². The molecule has 4 nitrogen and oxygen atoms in total. The molecule has 1 saturated heterocycles. The smallest absolute Gasteiger partial charge is 0.242 e. The fraction of sp³-hybridized carbons (Fsp3) is 0.381. The van der Waals surface area contributed by atoms with E-state index in [4.69, 9.17) is 5.73 Å². The first-order valence-electron chi connectivity index (χ1n) is 9.22. The summed E-state index contributed by atoms with van der Waals surface area (Å²) in [5, 5.41) is 3.10. The van der Waals surface area contributed by atoms with Crippen molar-refractivity contribution >= 4 is 5.91 Å². The van der Waals surface area contributed by atoms with Gasteiger partial charge in [-0.3, -0.25) is 9.69 Å². The van der Waals surface area contributed by atoms with Crippen LogP contribution in [0.2, 0.25) is 0 Å². The van der Waals surface area contributed by atoms with E-state index in [0.717, 1.165) is 18.4 Å². The topological polar surface area (TPSA) is 58.4 Å². The van der Waals surface area contributed by atoms with E-state index in [1.165, 1.54) is 17.7 Å². The van der Waals surface area contributed by atoms with E-state index in [1.807, 2.05) is 18.2 Å². The van der Waals surface area contributed by atoms with Crippen molar-refractivity contribution in [1.29, 1.82) is 0 Å². The van der Waals surface area contributed by atoms with Gasteiger partial charge in [0.1, 0.15) is 11.9 Å². The van der Waals surface area contributed by atoms with Crippen molar-refractivity contribution in [3.05, 3.63) is 71.5 Å². The Kier molecular flexibility index (Phi) is 4.74. The molecule has 1 unspecified atom stereocenters. The first-order valence-corrected chi connectivity index (χ1v) is 9.22. The van der Waals surface area contributed by atoms with Crippen LogP contribution in [0.1, 0.15) is 35.9 Å². The van der Waals surface area contributed by atoms with Gasteiger partial charge in [-0.15, -0.1) is 0 Å². The van der Waals surface area contributed by atoms with E-state index >= 15 is 0 Å². The van der Waals surface area contributed by atoms with Gasteiger partial charge in [0.2, 0.25) is 5.91 Å². The molecule has 1 saturated carbocycles. The highest BCUT2D eigenvalue weighted by Gasteiger charge is 2.39. The summed E-state index contributed by atoms with van der Waals surface area (Å²) in [7, 11) is 0. The molecule has 1 amide bonds. The quantitative estimate of drug-likeness (QED) is 0.869. The highest BCUT2D eigenvalue weighted by Crippen LogP contribution is 2.33. The normalized spacial score (nSPS) is 24.4. The molecule has 0 spiro atoms. The summed E-state index contributed by atoms with van der Waals surface area (Å²) in [6.07, 6.45) is 2.07. The van der Waals surface area contributed by atoms with Crippen LogP contribution in [0.25, 0.3) is 0 Å². The predicted octanol–water partition coefficient (Wildman–Crippen LogP) is 2.57. The SMILES string of the molecule is N[C@@H]1CN(C(C(=O)NC2CC2)c2ccc(F)cc2)C[C@H]1c1ccccc1. The molecule has 3 N–H and O–H groups in total. The second-order valence-electron chi connectivity index (χ2n) is 7.37. The molecule has 2 aromatic carbocycles. The van der Waals surface area contributed by atoms with Gasteiger partial charge in [0.25, 0.3) is 0 Å². The fourth-order valence-corrected chi connectivity index (χ4v) is 3.81. The Morgan fingerprint density at radius 1 is 1.08 bits per heavy atom. The average Bonchev–Trinajstić information content (AvgIpc) is 3.37. The number of likely N-dealkylation sites (tertiary alicyclic amines) is 1. The molecule has 1 heterocycles. The van der Waals surface area contributed by atoms with Crippen LogP contribution in [-0.2, 0) is 4.79 Å². The Hall–Kier alpha value is -2.24. The molecule has 26 heavy (non-hydrogen) atoms. The number of carbonyl (C=O) groups excluding carboxylic acids is 1. The van der Waals surface area contributed by atoms with Gasteiger partial charge < -0.3 is 11.1 Å². The van der Waals surface area contributed by atoms with Gasteiger partial charge in [0.05, 0.1) is 0 Å². The lowest BCUT2D eigenvalue weighted by molar-refractivity contribution is -0.126. The van der Waals surface area contributed by atoms with Gasteiger partial charge in [0.15, 0.2) is 0 Å². The lowest BCUT2D eigenvalue weighted by Gasteiger charge is -2.27. The molecule has 2 aliphatic rings. The number of nitrogens with two attached hydrogens (primary N) is 1. The molecule has 0 radical (unpaired) electrons. The fourth-order valence-electron chi connectivity index (χ4n) is 3.81. The third-order valence-corrected chi connectivity index (χ3v) is 5.34. The van der Waals surface area contributed by atoms with Gasteiger partial charge in [-0.2, -0.15) is 0 Å². The third-order valence-electron chi connectivity index (χ3n) is 5.34. The maximum Gasteiger partial charge on any atom is 0.242 e. The Morgan fingerprint density at radius 3 is 2.42 bits per heavy atom. The zero-order chi connectivity index (χ0) is 18.1. The summed E-state index contributed by atoms with van der Waals surface area (Å²) in [4.78, 5) is 15.1. The van der Waals surface area contributed by atoms with E-state index in [9.17, 15) is 9.18 Å². The largest absolute Gasteiger partial charge is 0.352 e. The minimum atomic E-state index is -0.434. The molecule has 0 bridgehead atoms. The van der Waals surface area contributed by atoms with Crippen LogP contribution in [0.3, 0.4) is 0 Å². The molecule has 1 aliphatic carbocycles. The van der Waals surface area contributed by atoms with Gasteiger partial charge in [-0.25, -0.2) is 4.39 Å². The number of carbonyl (C=O) groups is 1. The van der Waals surface area contributed by atoms with Gasteiger partial charge in [-0.1, -0.05) is 42.5 Å². The minimum Gasteiger partial charge on any atom is -0.352 e. The number of halogens is 1. The summed E-state index contributed by atoms with van der Waals surface area (Å²) < 4.78 is 13.4. The Labute approximate surface area is 153 Å². The monoisotopic (exact) mass is 353 g/mol. The molecule has 0 aromatic heterocycles. The molecule has 2 fully saturated rings. The van der Waals surface area contributed by atoms with Crippen molar-refractivity contribution in [2.24, 2.45) is 5.73 Å². The van der Waals surface area contributed by atoms with Crippen molar-refractivity contribution in [2.75, 3.05) is 13.1 Å². The first kappa shape index (κ1) is 17.2. The molecule has 5 heteroatoms. The van der Waals surface area contributed by atoms with Crippen molar-refractivity contribution in [3.8, 4) is 0 Å². The van der Waals surface area contributed by atoms with Crippen LogP contribution in [0.5, 0.6) is 0 Å². The number of benzene rings is 2. The second-order valence-corrected chi connectivity index (χ2v) is 7.37. The lowest BCUT2D eigenvalue weighted by atomic mass is 9.95. The zero-order valence-electron chi connectivity index (χ0n) is 14.6. The molecular weight excluding hydrogens is 329 g/mol.